The number of phosphoric acid groups is 1. The number of likely N-dealkylation sites (N-methyl/N-ethyl adjacent to an activating group) is 1. The molecule has 9 heteroatoms. The molecule has 0 spiro atoms. The van der Waals surface area contributed by atoms with Crippen LogP contribution in [0.5, 0.6) is 0 Å². The minimum Gasteiger partial charge on any atom is -0.457 e. The molecular formula is C60H109NO7P+. The molecule has 0 aromatic heterocycles. The van der Waals surface area contributed by atoms with Crippen LogP contribution in [0.4, 0.5) is 0 Å². The maximum Gasteiger partial charge on any atom is 0.472 e. The van der Waals surface area contributed by atoms with E-state index in [1.165, 1.54) is 141 Å². The lowest BCUT2D eigenvalue weighted by atomic mass is 10.0. The monoisotopic (exact) mass is 987 g/mol. The minimum absolute atomic E-state index is 0.0826. The highest BCUT2D eigenvalue weighted by atomic mass is 31.2. The maximum atomic E-state index is 12.8. The van der Waals surface area contributed by atoms with Gasteiger partial charge in [0.25, 0.3) is 0 Å². The molecule has 0 heterocycles. The first-order chi connectivity index (χ1) is 33.6. The Bertz CT molecular complexity index is 1380. The van der Waals surface area contributed by atoms with Gasteiger partial charge in [-0.25, -0.2) is 4.57 Å². The number of carbonyl (C=O) groups excluding carboxylic acids is 1. The Hall–Kier alpha value is -2.32. The van der Waals surface area contributed by atoms with E-state index in [0.29, 0.717) is 24.1 Å². The third-order valence-corrected chi connectivity index (χ3v) is 12.9. The Morgan fingerprint density at radius 2 is 0.841 bits per heavy atom. The molecule has 0 saturated carbocycles. The van der Waals surface area contributed by atoms with Gasteiger partial charge in [0.1, 0.15) is 19.3 Å². The van der Waals surface area contributed by atoms with E-state index in [9.17, 15) is 14.3 Å². The molecule has 400 valence electrons. The highest BCUT2D eigenvalue weighted by Gasteiger charge is 2.26. The van der Waals surface area contributed by atoms with Gasteiger partial charge in [0, 0.05) is 13.0 Å². The zero-order valence-electron chi connectivity index (χ0n) is 45.5. The van der Waals surface area contributed by atoms with E-state index < -0.39 is 13.9 Å². The Morgan fingerprint density at radius 1 is 0.464 bits per heavy atom. The second kappa shape index (κ2) is 52.0. The molecule has 0 aliphatic heterocycles. The molecule has 2 unspecified atom stereocenters. The standard InChI is InChI=1S/C60H108NO7P/c1-6-8-10-12-14-16-18-20-22-24-26-28-30-31-32-33-35-37-39-41-43-45-47-49-51-53-60(62)68-59(58-67-69(63,64)66-56-54-61(3,4)5)57-65-55-52-50-48-46-44-42-40-38-36-34-29-27-25-23-21-19-17-15-13-11-9-7-2/h9,11,15,17-18,20-21,23-24,26-27,29-31,59H,6-8,10,12-14,16,19,22,25,28,32-58H2,1-5H3/p+1/b11-9-,17-15-,20-18-,23-21-,26-24-,29-27-,31-30-. The van der Waals surface area contributed by atoms with Crippen LogP contribution in [-0.4, -0.2) is 75.6 Å². The van der Waals surface area contributed by atoms with E-state index in [1.807, 2.05) is 21.1 Å². The lowest BCUT2D eigenvalue weighted by Crippen LogP contribution is -2.37. The average Bonchev–Trinajstić information content (AvgIpc) is 3.31. The first-order valence-corrected chi connectivity index (χ1v) is 29.8. The lowest BCUT2D eigenvalue weighted by Gasteiger charge is -2.24. The Morgan fingerprint density at radius 3 is 1.26 bits per heavy atom. The van der Waals surface area contributed by atoms with Gasteiger partial charge in [-0.05, 0) is 89.9 Å². The summed E-state index contributed by atoms with van der Waals surface area (Å²) in [5.41, 5.74) is 0. The van der Waals surface area contributed by atoms with Crippen LogP contribution >= 0.6 is 7.82 Å². The predicted molar refractivity (Wildman–Crippen MR) is 298 cm³/mol. The largest absolute Gasteiger partial charge is 0.472 e. The van der Waals surface area contributed by atoms with Crippen LogP contribution in [0, 0.1) is 0 Å². The summed E-state index contributed by atoms with van der Waals surface area (Å²) in [6.07, 6.45) is 70.7. The Labute approximate surface area is 426 Å². The van der Waals surface area contributed by atoms with Crippen molar-refractivity contribution in [2.75, 3.05) is 54.1 Å². The number of ether oxygens (including phenoxy) is 2. The summed E-state index contributed by atoms with van der Waals surface area (Å²) in [4.78, 5) is 23.1. The summed E-state index contributed by atoms with van der Waals surface area (Å²) in [5, 5.41) is 0. The second-order valence-corrected chi connectivity index (χ2v) is 21.4. The third-order valence-electron chi connectivity index (χ3n) is 11.9. The van der Waals surface area contributed by atoms with E-state index in [-0.39, 0.29) is 25.8 Å². The maximum absolute atomic E-state index is 12.8. The molecule has 0 aliphatic carbocycles. The minimum atomic E-state index is -4.29. The van der Waals surface area contributed by atoms with Crippen molar-refractivity contribution in [2.24, 2.45) is 0 Å². The van der Waals surface area contributed by atoms with Crippen LogP contribution in [-0.2, 0) is 27.9 Å². The van der Waals surface area contributed by atoms with Crippen LogP contribution < -0.4 is 0 Å². The number of quaternary nitrogens is 1. The van der Waals surface area contributed by atoms with Gasteiger partial charge in [0.15, 0.2) is 0 Å². The zero-order chi connectivity index (χ0) is 50.5. The second-order valence-electron chi connectivity index (χ2n) is 19.9. The van der Waals surface area contributed by atoms with E-state index in [0.717, 1.165) is 70.6 Å². The van der Waals surface area contributed by atoms with Crippen molar-refractivity contribution in [1.82, 2.24) is 0 Å². The number of unbranched alkanes of at least 4 members (excludes halogenated alkanes) is 24. The molecule has 0 aliphatic rings. The number of hydrogen-bond acceptors (Lipinski definition) is 6. The van der Waals surface area contributed by atoms with Gasteiger partial charge >= 0.3 is 13.8 Å². The summed E-state index contributed by atoms with van der Waals surface area (Å²) in [6.45, 7) is 5.49. The summed E-state index contributed by atoms with van der Waals surface area (Å²) >= 11 is 0. The molecule has 0 aromatic rings. The van der Waals surface area contributed by atoms with Crippen molar-refractivity contribution >= 4 is 13.8 Å². The van der Waals surface area contributed by atoms with Crippen molar-refractivity contribution < 1.29 is 37.3 Å². The molecule has 0 radical (unpaired) electrons. The Balaban J connectivity index is 4.12. The van der Waals surface area contributed by atoms with Crippen LogP contribution in [0.15, 0.2) is 85.1 Å². The van der Waals surface area contributed by atoms with Gasteiger partial charge < -0.3 is 18.9 Å². The quantitative estimate of drug-likeness (QED) is 0.0213. The van der Waals surface area contributed by atoms with Crippen LogP contribution in [0.1, 0.15) is 232 Å². The van der Waals surface area contributed by atoms with Crippen molar-refractivity contribution in [2.45, 2.75) is 238 Å². The number of esters is 1. The number of hydrogen-bond donors (Lipinski definition) is 1. The fraction of sp³-hybridized carbons (Fsp3) is 0.750. The number of allylic oxidation sites excluding steroid dienone is 14. The molecule has 0 saturated heterocycles. The highest BCUT2D eigenvalue weighted by Crippen LogP contribution is 2.43. The van der Waals surface area contributed by atoms with E-state index in [4.69, 9.17) is 18.5 Å². The van der Waals surface area contributed by atoms with Crippen LogP contribution in [0.25, 0.3) is 0 Å². The summed E-state index contributed by atoms with van der Waals surface area (Å²) in [7, 11) is 1.65. The van der Waals surface area contributed by atoms with Gasteiger partial charge in [0.05, 0.1) is 34.4 Å². The first-order valence-electron chi connectivity index (χ1n) is 28.3. The van der Waals surface area contributed by atoms with E-state index in [1.54, 1.807) is 0 Å². The third kappa shape index (κ3) is 56.5. The molecule has 69 heavy (non-hydrogen) atoms. The van der Waals surface area contributed by atoms with Gasteiger partial charge in [0.2, 0.25) is 0 Å². The summed E-state index contributed by atoms with van der Waals surface area (Å²) < 4.78 is 35.2. The zero-order valence-corrected chi connectivity index (χ0v) is 46.4. The fourth-order valence-corrected chi connectivity index (χ4v) is 8.35. The number of rotatable bonds is 52. The summed E-state index contributed by atoms with van der Waals surface area (Å²) in [6, 6.07) is 0. The van der Waals surface area contributed by atoms with Crippen LogP contribution in [0.2, 0.25) is 0 Å². The summed E-state index contributed by atoms with van der Waals surface area (Å²) in [5.74, 6) is -0.321. The molecule has 0 bridgehead atoms. The van der Waals surface area contributed by atoms with Crippen molar-refractivity contribution in [1.29, 1.82) is 0 Å². The predicted octanol–water partition coefficient (Wildman–Crippen LogP) is 18.0. The van der Waals surface area contributed by atoms with E-state index in [2.05, 4.69) is 98.9 Å². The molecule has 0 rings (SSSR count). The molecule has 0 fully saturated rings. The topological polar surface area (TPSA) is 91.3 Å². The normalized spacial score (nSPS) is 14.1. The molecule has 2 atom stereocenters. The molecule has 0 amide bonds. The first kappa shape index (κ1) is 66.7. The number of phosphoric ester groups is 1. The lowest BCUT2D eigenvalue weighted by molar-refractivity contribution is -0.870. The van der Waals surface area contributed by atoms with Gasteiger partial charge in [-0.3, -0.25) is 13.8 Å². The SMILES string of the molecule is CC/C=C\C/C=C\C/C=C\C/C=C\CCCCCCCCCCCOCC(COP(=O)(O)OCC[N+](C)(C)C)OC(=O)CCCCCCCCCCCC/C=C\C/C=C\C/C=C\CCCCCCC. The van der Waals surface area contributed by atoms with Crippen molar-refractivity contribution in [3.63, 3.8) is 0 Å². The Kier molecular flexibility index (Phi) is 50.3. The highest BCUT2D eigenvalue weighted by molar-refractivity contribution is 7.47. The molecule has 8 nitrogen and oxygen atoms in total. The van der Waals surface area contributed by atoms with Crippen LogP contribution in [0.3, 0.4) is 0 Å². The number of nitrogens with zero attached hydrogens (tertiary/aromatic N) is 1. The smallest absolute Gasteiger partial charge is 0.457 e. The van der Waals surface area contributed by atoms with Gasteiger partial charge in [-0.15, -0.1) is 0 Å². The average molecular weight is 988 g/mol. The van der Waals surface area contributed by atoms with Gasteiger partial charge in [-0.1, -0.05) is 221 Å². The molecule has 0 aromatic carbocycles. The van der Waals surface area contributed by atoms with Crippen molar-refractivity contribution in [3.05, 3.63) is 85.1 Å². The molecule has 1 N–H and O–H groups in total. The van der Waals surface area contributed by atoms with Crippen molar-refractivity contribution in [3.8, 4) is 0 Å². The molecular weight excluding hydrogens is 878 g/mol. The number of carbonyl (C=O) groups is 1. The van der Waals surface area contributed by atoms with E-state index >= 15 is 0 Å². The fourth-order valence-electron chi connectivity index (χ4n) is 7.61. The van der Waals surface area contributed by atoms with Gasteiger partial charge in [-0.2, -0.15) is 0 Å².